The van der Waals surface area contributed by atoms with Crippen LogP contribution < -0.4 is 0 Å². The van der Waals surface area contributed by atoms with Crippen LogP contribution in [0.25, 0.3) is 0 Å². The summed E-state index contributed by atoms with van der Waals surface area (Å²) >= 11 is 0. The highest BCUT2D eigenvalue weighted by Crippen LogP contribution is 2.08. The first-order chi connectivity index (χ1) is 6.63. The molecule has 0 radical (unpaired) electrons. The normalized spacial score (nSPS) is 13.5. The van der Waals surface area contributed by atoms with Crippen LogP contribution in [0.15, 0.2) is 6.33 Å². The number of hydrogen-bond acceptors (Lipinski definition) is 3. The van der Waals surface area contributed by atoms with E-state index in [1.54, 1.807) is 6.33 Å². The van der Waals surface area contributed by atoms with Crippen LogP contribution in [0.1, 0.15) is 33.0 Å². The zero-order valence-corrected chi connectivity index (χ0v) is 9.14. The van der Waals surface area contributed by atoms with Crippen molar-refractivity contribution in [3.05, 3.63) is 12.2 Å². The number of aromatic nitrogens is 3. The lowest BCUT2D eigenvalue weighted by Crippen LogP contribution is -2.17. The van der Waals surface area contributed by atoms with Gasteiger partial charge in [0.1, 0.15) is 12.2 Å². The Hall–Kier alpha value is -0.900. The van der Waals surface area contributed by atoms with E-state index in [-0.39, 0.29) is 6.10 Å². The fraction of sp³-hybridized carbons (Fsp3) is 0.800. The minimum atomic E-state index is -0.301. The molecule has 4 nitrogen and oxygen atoms in total. The summed E-state index contributed by atoms with van der Waals surface area (Å²) in [5.41, 5.74) is 0. The molecule has 0 aromatic carbocycles. The van der Waals surface area contributed by atoms with Crippen LogP contribution in [-0.2, 0) is 13.0 Å². The SMILES string of the molecule is CCn1ncnc1CC(O)CC(C)C. The molecule has 0 saturated heterocycles. The lowest BCUT2D eigenvalue weighted by Gasteiger charge is -2.12. The molecule has 1 aromatic heterocycles. The van der Waals surface area contributed by atoms with Gasteiger partial charge in [0.15, 0.2) is 0 Å². The average molecular weight is 197 g/mol. The van der Waals surface area contributed by atoms with Crippen molar-refractivity contribution in [2.24, 2.45) is 5.92 Å². The van der Waals surface area contributed by atoms with E-state index >= 15 is 0 Å². The van der Waals surface area contributed by atoms with E-state index in [1.807, 2.05) is 11.6 Å². The van der Waals surface area contributed by atoms with Gasteiger partial charge in [0.25, 0.3) is 0 Å². The van der Waals surface area contributed by atoms with Crippen molar-refractivity contribution < 1.29 is 5.11 Å². The Bertz CT molecular complexity index is 270. The number of aliphatic hydroxyl groups is 1. The van der Waals surface area contributed by atoms with Crippen LogP contribution in [0.3, 0.4) is 0 Å². The lowest BCUT2D eigenvalue weighted by molar-refractivity contribution is 0.145. The molecule has 0 amide bonds. The van der Waals surface area contributed by atoms with Crippen molar-refractivity contribution in [2.75, 3.05) is 0 Å². The average Bonchev–Trinajstić information content (AvgIpc) is 2.50. The minimum Gasteiger partial charge on any atom is -0.393 e. The second kappa shape index (κ2) is 5.10. The smallest absolute Gasteiger partial charge is 0.138 e. The molecule has 1 atom stereocenters. The Morgan fingerprint density at radius 1 is 1.50 bits per heavy atom. The molecule has 0 aliphatic rings. The number of nitrogens with zero attached hydrogens (tertiary/aromatic N) is 3. The zero-order valence-electron chi connectivity index (χ0n) is 9.14. The van der Waals surface area contributed by atoms with Gasteiger partial charge in [0.2, 0.25) is 0 Å². The van der Waals surface area contributed by atoms with Crippen molar-refractivity contribution >= 4 is 0 Å². The van der Waals surface area contributed by atoms with Gasteiger partial charge in [-0.25, -0.2) is 4.98 Å². The summed E-state index contributed by atoms with van der Waals surface area (Å²) in [4.78, 5) is 4.13. The van der Waals surface area contributed by atoms with Crippen molar-refractivity contribution in [2.45, 2.75) is 46.3 Å². The summed E-state index contributed by atoms with van der Waals surface area (Å²) in [5.74, 6) is 1.39. The van der Waals surface area contributed by atoms with Crippen LogP contribution in [0.4, 0.5) is 0 Å². The van der Waals surface area contributed by atoms with Crippen LogP contribution in [0.2, 0.25) is 0 Å². The van der Waals surface area contributed by atoms with Crippen LogP contribution in [-0.4, -0.2) is 26.0 Å². The summed E-state index contributed by atoms with van der Waals surface area (Å²) in [6.07, 6.45) is 2.66. The van der Waals surface area contributed by atoms with Crippen LogP contribution in [0.5, 0.6) is 0 Å². The highest BCUT2D eigenvalue weighted by Gasteiger charge is 2.11. The van der Waals surface area contributed by atoms with Gasteiger partial charge in [-0.1, -0.05) is 13.8 Å². The van der Waals surface area contributed by atoms with Crippen molar-refractivity contribution in [3.63, 3.8) is 0 Å². The third kappa shape index (κ3) is 3.10. The molecule has 1 unspecified atom stereocenters. The summed E-state index contributed by atoms with van der Waals surface area (Å²) in [6, 6.07) is 0. The standard InChI is InChI=1S/C10H19N3O/c1-4-13-10(11-7-12-13)6-9(14)5-8(2)3/h7-9,14H,4-6H2,1-3H3. The molecule has 0 aliphatic heterocycles. The maximum absolute atomic E-state index is 9.73. The van der Waals surface area contributed by atoms with Gasteiger partial charge in [-0.05, 0) is 19.3 Å². The predicted octanol–water partition coefficient (Wildman–Crippen LogP) is 1.25. The van der Waals surface area contributed by atoms with Crippen LogP contribution in [0, 0.1) is 5.92 Å². The minimum absolute atomic E-state index is 0.301. The van der Waals surface area contributed by atoms with E-state index in [0.29, 0.717) is 12.3 Å². The van der Waals surface area contributed by atoms with Gasteiger partial charge in [-0.2, -0.15) is 5.10 Å². The second-order valence-corrected chi connectivity index (χ2v) is 3.98. The Balaban J connectivity index is 2.51. The van der Waals surface area contributed by atoms with E-state index < -0.39 is 0 Å². The number of hydrogen-bond donors (Lipinski definition) is 1. The molecule has 1 rings (SSSR count). The van der Waals surface area contributed by atoms with E-state index in [9.17, 15) is 5.11 Å². The first-order valence-corrected chi connectivity index (χ1v) is 5.18. The topological polar surface area (TPSA) is 50.9 Å². The number of aliphatic hydroxyl groups excluding tert-OH is 1. The molecule has 4 heteroatoms. The molecular formula is C10H19N3O. The van der Waals surface area contributed by atoms with E-state index in [1.165, 1.54) is 0 Å². The van der Waals surface area contributed by atoms with Crippen molar-refractivity contribution in [3.8, 4) is 0 Å². The Morgan fingerprint density at radius 3 is 2.79 bits per heavy atom. The van der Waals surface area contributed by atoms with Crippen molar-refractivity contribution in [1.29, 1.82) is 0 Å². The summed E-state index contributed by atoms with van der Waals surface area (Å²) in [7, 11) is 0. The maximum Gasteiger partial charge on any atom is 0.138 e. The number of rotatable bonds is 5. The van der Waals surface area contributed by atoms with Gasteiger partial charge in [0, 0.05) is 13.0 Å². The molecule has 80 valence electrons. The molecule has 1 heterocycles. The molecule has 0 bridgehead atoms. The van der Waals surface area contributed by atoms with Gasteiger partial charge < -0.3 is 5.11 Å². The molecule has 14 heavy (non-hydrogen) atoms. The molecule has 0 saturated carbocycles. The Kier molecular flexibility index (Phi) is 4.07. The third-order valence-electron chi connectivity index (χ3n) is 2.16. The van der Waals surface area contributed by atoms with E-state index in [4.69, 9.17) is 0 Å². The number of aryl methyl sites for hydroxylation is 1. The van der Waals surface area contributed by atoms with Gasteiger partial charge in [-0.15, -0.1) is 0 Å². The van der Waals surface area contributed by atoms with E-state index in [0.717, 1.165) is 18.8 Å². The molecular weight excluding hydrogens is 178 g/mol. The molecule has 0 spiro atoms. The Morgan fingerprint density at radius 2 is 2.21 bits per heavy atom. The second-order valence-electron chi connectivity index (χ2n) is 3.98. The first kappa shape index (κ1) is 11.2. The van der Waals surface area contributed by atoms with Crippen LogP contribution >= 0.6 is 0 Å². The van der Waals surface area contributed by atoms with Gasteiger partial charge in [0.05, 0.1) is 6.10 Å². The fourth-order valence-electron chi connectivity index (χ4n) is 1.55. The summed E-state index contributed by atoms with van der Waals surface area (Å²) in [6.45, 7) is 7.04. The predicted molar refractivity (Wildman–Crippen MR) is 54.9 cm³/mol. The highest BCUT2D eigenvalue weighted by atomic mass is 16.3. The lowest BCUT2D eigenvalue weighted by atomic mass is 10.0. The largest absolute Gasteiger partial charge is 0.393 e. The molecule has 0 fully saturated rings. The summed E-state index contributed by atoms with van der Waals surface area (Å²) < 4.78 is 1.82. The zero-order chi connectivity index (χ0) is 10.6. The quantitative estimate of drug-likeness (QED) is 0.772. The fourth-order valence-corrected chi connectivity index (χ4v) is 1.55. The Labute approximate surface area is 85.0 Å². The monoisotopic (exact) mass is 197 g/mol. The van der Waals surface area contributed by atoms with Crippen molar-refractivity contribution in [1.82, 2.24) is 14.8 Å². The highest BCUT2D eigenvalue weighted by molar-refractivity contribution is 4.87. The summed E-state index contributed by atoms with van der Waals surface area (Å²) in [5, 5.41) is 13.8. The van der Waals surface area contributed by atoms with Gasteiger partial charge in [-0.3, -0.25) is 4.68 Å². The third-order valence-corrected chi connectivity index (χ3v) is 2.16. The molecule has 1 aromatic rings. The van der Waals surface area contributed by atoms with Gasteiger partial charge >= 0.3 is 0 Å². The molecule has 1 N–H and O–H groups in total. The van der Waals surface area contributed by atoms with E-state index in [2.05, 4.69) is 23.9 Å². The maximum atomic E-state index is 9.73. The first-order valence-electron chi connectivity index (χ1n) is 5.18. The molecule has 0 aliphatic carbocycles.